The summed E-state index contributed by atoms with van der Waals surface area (Å²) in [5.74, 6) is 0.0741. The number of rotatable bonds is 6. The molecule has 0 aromatic rings. The summed E-state index contributed by atoms with van der Waals surface area (Å²) in [5.41, 5.74) is -0.354. The monoisotopic (exact) mass is 215 g/mol. The van der Waals surface area contributed by atoms with Crippen LogP contribution >= 0.6 is 0 Å². The van der Waals surface area contributed by atoms with Gasteiger partial charge in [0.1, 0.15) is 6.61 Å². The van der Waals surface area contributed by atoms with Crippen LogP contribution in [-0.4, -0.2) is 31.4 Å². The first kappa shape index (κ1) is 14.1. The lowest BCUT2D eigenvalue weighted by atomic mass is 9.91. The number of hydrogen-bond acceptors (Lipinski definition) is 3. The molecule has 0 saturated heterocycles. The zero-order valence-electron chi connectivity index (χ0n) is 10.1. The third-order valence-electron chi connectivity index (χ3n) is 1.96. The lowest BCUT2D eigenvalue weighted by molar-refractivity contribution is -0.131. The number of ketones is 1. The average molecular weight is 215 g/mol. The molecular weight excluding hydrogens is 194 g/mol. The van der Waals surface area contributed by atoms with E-state index in [1.54, 1.807) is 6.92 Å². The van der Waals surface area contributed by atoms with Crippen LogP contribution < -0.4 is 5.32 Å². The molecule has 15 heavy (non-hydrogen) atoms. The van der Waals surface area contributed by atoms with Gasteiger partial charge in [0.05, 0.1) is 6.61 Å². The second kappa shape index (κ2) is 6.56. The molecule has 0 atom stereocenters. The molecule has 0 rings (SSSR count). The quantitative estimate of drug-likeness (QED) is 0.676. The van der Waals surface area contributed by atoms with E-state index >= 15 is 0 Å². The van der Waals surface area contributed by atoms with Gasteiger partial charge in [0.25, 0.3) is 0 Å². The minimum absolute atomic E-state index is 0.000693. The van der Waals surface area contributed by atoms with E-state index in [0.29, 0.717) is 19.6 Å². The Morgan fingerprint density at radius 1 is 1.27 bits per heavy atom. The highest BCUT2D eigenvalue weighted by Crippen LogP contribution is 2.14. The molecule has 1 amide bonds. The summed E-state index contributed by atoms with van der Waals surface area (Å²) in [7, 11) is 0. The first-order valence-corrected chi connectivity index (χ1v) is 5.25. The molecule has 0 unspecified atom stereocenters. The van der Waals surface area contributed by atoms with E-state index in [-0.39, 0.29) is 23.7 Å². The zero-order valence-corrected chi connectivity index (χ0v) is 10.1. The molecule has 1 N–H and O–H groups in total. The molecule has 0 fully saturated rings. The van der Waals surface area contributed by atoms with Gasteiger partial charge in [-0.05, 0) is 0 Å². The van der Waals surface area contributed by atoms with Crippen molar-refractivity contribution >= 4 is 11.7 Å². The van der Waals surface area contributed by atoms with Gasteiger partial charge in [-0.2, -0.15) is 0 Å². The molecule has 0 radical (unpaired) electrons. The summed E-state index contributed by atoms with van der Waals surface area (Å²) >= 11 is 0. The Hall–Kier alpha value is -0.900. The van der Waals surface area contributed by atoms with Crippen molar-refractivity contribution in [2.45, 2.75) is 34.1 Å². The highest BCUT2D eigenvalue weighted by atomic mass is 16.5. The topological polar surface area (TPSA) is 55.4 Å². The van der Waals surface area contributed by atoms with Crippen LogP contribution in [0.1, 0.15) is 34.1 Å². The van der Waals surface area contributed by atoms with Crippen LogP contribution in [0, 0.1) is 5.41 Å². The summed E-state index contributed by atoms with van der Waals surface area (Å²) in [4.78, 5) is 22.2. The van der Waals surface area contributed by atoms with Crippen molar-refractivity contribution < 1.29 is 14.3 Å². The minimum Gasteiger partial charge on any atom is -0.372 e. The van der Waals surface area contributed by atoms with E-state index in [0.717, 1.165) is 0 Å². The minimum atomic E-state index is -0.354. The SMILES string of the molecule is CCC(=O)NCCOCC(=O)C(C)(C)C. The van der Waals surface area contributed by atoms with Crippen LogP contribution in [0.5, 0.6) is 0 Å². The van der Waals surface area contributed by atoms with Gasteiger partial charge in [0.2, 0.25) is 5.91 Å². The Balaban J connectivity index is 3.48. The van der Waals surface area contributed by atoms with Gasteiger partial charge in [-0.15, -0.1) is 0 Å². The number of Topliss-reactive ketones (excluding diaryl/α,β-unsaturated/α-hetero) is 1. The Kier molecular flexibility index (Phi) is 6.17. The molecule has 0 aliphatic heterocycles. The highest BCUT2D eigenvalue weighted by molar-refractivity contribution is 5.84. The van der Waals surface area contributed by atoms with Crippen molar-refractivity contribution in [1.82, 2.24) is 5.32 Å². The van der Waals surface area contributed by atoms with Crippen LogP contribution in [0.3, 0.4) is 0 Å². The van der Waals surface area contributed by atoms with Crippen LogP contribution in [0.15, 0.2) is 0 Å². The predicted octanol–water partition coefficient (Wildman–Crippen LogP) is 1.14. The van der Waals surface area contributed by atoms with E-state index in [2.05, 4.69) is 5.32 Å². The molecule has 0 spiro atoms. The van der Waals surface area contributed by atoms with Crippen molar-refractivity contribution in [3.05, 3.63) is 0 Å². The molecule has 0 aliphatic carbocycles. The molecular formula is C11H21NO3. The summed E-state index contributed by atoms with van der Waals surface area (Å²) in [6.07, 6.45) is 0.473. The zero-order chi connectivity index (χ0) is 11.9. The van der Waals surface area contributed by atoms with Crippen LogP contribution in [0.25, 0.3) is 0 Å². The maximum atomic E-state index is 11.4. The van der Waals surface area contributed by atoms with Gasteiger partial charge in [-0.25, -0.2) is 0 Å². The van der Waals surface area contributed by atoms with E-state index in [1.165, 1.54) is 0 Å². The lowest BCUT2D eigenvalue weighted by Gasteiger charge is -2.16. The third kappa shape index (κ3) is 7.08. The maximum Gasteiger partial charge on any atom is 0.219 e. The van der Waals surface area contributed by atoms with Crippen LogP contribution in [-0.2, 0) is 14.3 Å². The second-order valence-electron chi connectivity index (χ2n) is 4.43. The molecule has 0 aromatic heterocycles. The number of ether oxygens (including phenoxy) is 1. The molecule has 0 aliphatic rings. The first-order chi connectivity index (χ1) is 6.88. The fourth-order valence-corrected chi connectivity index (χ4v) is 0.769. The Morgan fingerprint density at radius 3 is 2.33 bits per heavy atom. The number of carbonyl (C=O) groups excluding carboxylic acids is 2. The summed E-state index contributed by atoms with van der Waals surface area (Å²) < 4.78 is 5.15. The summed E-state index contributed by atoms with van der Waals surface area (Å²) in [5, 5.41) is 2.67. The normalized spacial score (nSPS) is 11.2. The van der Waals surface area contributed by atoms with Crippen LogP contribution in [0.2, 0.25) is 0 Å². The van der Waals surface area contributed by atoms with Gasteiger partial charge in [0, 0.05) is 18.4 Å². The van der Waals surface area contributed by atoms with Gasteiger partial charge in [0.15, 0.2) is 5.78 Å². The standard InChI is InChI=1S/C11H21NO3/c1-5-10(14)12-6-7-15-8-9(13)11(2,3)4/h5-8H2,1-4H3,(H,12,14). The molecule has 88 valence electrons. The first-order valence-electron chi connectivity index (χ1n) is 5.25. The second-order valence-corrected chi connectivity index (χ2v) is 4.43. The molecule has 0 saturated carbocycles. The number of amides is 1. The highest BCUT2D eigenvalue weighted by Gasteiger charge is 2.20. The summed E-state index contributed by atoms with van der Waals surface area (Å²) in [6.45, 7) is 8.33. The van der Waals surface area contributed by atoms with E-state index in [1.807, 2.05) is 20.8 Å². The van der Waals surface area contributed by atoms with Crippen LogP contribution in [0.4, 0.5) is 0 Å². The summed E-state index contributed by atoms with van der Waals surface area (Å²) in [6, 6.07) is 0. The third-order valence-corrected chi connectivity index (χ3v) is 1.96. The van der Waals surface area contributed by atoms with E-state index in [9.17, 15) is 9.59 Å². The average Bonchev–Trinajstić information content (AvgIpc) is 2.15. The fraction of sp³-hybridized carbons (Fsp3) is 0.818. The van der Waals surface area contributed by atoms with E-state index < -0.39 is 0 Å². The molecule has 4 nitrogen and oxygen atoms in total. The Morgan fingerprint density at radius 2 is 1.87 bits per heavy atom. The Bertz CT molecular complexity index is 218. The van der Waals surface area contributed by atoms with Gasteiger partial charge < -0.3 is 10.1 Å². The van der Waals surface area contributed by atoms with Crippen molar-refractivity contribution in [3.8, 4) is 0 Å². The Labute approximate surface area is 91.4 Å². The van der Waals surface area contributed by atoms with E-state index in [4.69, 9.17) is 4.74 Å². The number of carbonyl (C=O) groups is 2. The van der Waals surface area contributed by atoms with Crippen molar-refractivity contribution in [3.63, 3.8) is 0 Å². The maximum absolute atomic E-state index is 11.4. The van der Waals surface area contributed by atoms with Gasteiger partial charge >= 0.3 is 0 Å². The molecule has 4 heteroatoms. The van der Waals surface area contributed by atoms with Gasteiger partial charge in [-0.3, -0.25) is 9.59 Å². The fourth-order valence-electron chi connectivity index (χ4n) is 0.769. The number of nitrogens with one attached hydrogen (secondary N) is 1. The largest absolute Gasteiger partial charge is 0.372 e. The van der Waals surface area contributed by atoms with Crippen molar-refractivity contribution in [1.29, 1.82) is 0 Å². The molecule has 0 bridgehead atoms. The van der Waals surface area contributed by atoms with Crippen molar-refractivity contribution in [2.24, 2.45) is 5.41 Å². The predicted molar refractivity (Wildman–Crippen MR) is 58.6 cm³/mol. The lowest BCUT2D eigenvalue weighted by Crippen LogP contribution is -2.29. The molecule has 0 heterocycles. The van der Waals surface area contributed by atoms with Crippen molar-refractivity contribution in [2.75, 3.05) is 19.8 Å². The molecule has 0 aromatic carbocycles. The number of hydrogen-bond donors (Lipinski definition) is 1. The smallest absolute Gasteiger partial charge is 0.219 e. The van der Waals surface area contributed by atoms with Gasteiger partial charge in [-0.1, -0.05) is 27.7 Å².